The maximum atomic E-state index is 12.9. The van der Waals surface area contributed by atoms with E-state index in [2.05, 4.69) is 0 Å². The average Bonchev–Trinajstić information content (AvgIpc) is 2.54. The Morgan fingerprint density at radius 3 is 2.60 bits per heavy atom. The lowest BCUT2D eigenvalue weighted by atomic mass is 10.0. The fourth-order valence-corrected chi connectivity index (χ4v) is 3.14. The Kier molecular flexibility index (Phi) is 6.33. The molecule has 1 aliphatic rings. The summed E-state index contributed by atoms with van der Waals surface area (Å²) in [5.41, 5.74) is 0.311. The van der Waals surface area contributed by atoms with Gasteiger partial charge in [0.05, 0.1) is 0 Å². The minimum Gasteiger partial charge on any atom is -0.444 e. The van der Waals surface area contributed by atoms with Crippen LogP contribution in [0.25, 0.3) is 0 Å². The Balaban J connectivity index is 2.09. The number of hydrogen-bond donors (Lipinski definition) is 0. The molecule has 0 aliphatic carbocycles. The summed E-state index contributed by atoms with van der Waals surface area (Å²) in [7, 11) is 1.74. The van der Waals surface area contributed by atoms with Crippen molar-refractivity contribution < 1.29 is 14.3 Å². The normalized spacial score (nSPS) is 18.0. The summed E-state index contributed by atoms with van der Waals surface area (Å²) in [6.45, 7) is 6.45. The van der Waals surface area contributed by atoms with Gasteiger partial charge in [0.25, 0.3) is 0 Å². The van der Waals surface area contributed by atoms with E-state index in [1.165, 1.54) is 0 Å². The fourth-order valence-electron chi connectivity index (χ4n) is 2.94. The molecule has 1 saturated heterocycles. The highest BCUT2D eigenvalue weighted by Crippen LogP contribution is 2.23. The lowest BCUT2D eigenvalue weighted by molar-refractivity contribution is -0.137. The lowest BCUT2D eigenvalue weighted by Gasteiger charge is -2.37. The molecule has 0 spiro atoms. The van der Waals surface area contributed by atoms with Gasteiger partial charge in [-0.25, -0.2) is 4.79 Å². The number of hydrogen-bond acceptors (Lipinski definition) is 3. The molecule has 138 valence electrons. The quantitative estimate of drug-likeness (QED) is 0.809. The zero-order valence-corrected chi connectivity index (χ0v) is 16.2. The SMILES string of the molecule is CN(Cc1ccccc1Cl)C(=O)[C@H]1CCCCN1C(=O)OC(C)(C)C. The van der Waals surface area contributed by atoms with Crippen LogP contribution < -0.4 is 0 Å². The van der Waals surface area contributed by atoms with E-state index < -0.39 is 17.7 Å². The van der Waals surface area contributed by atoms with Crippen molar-refractivity contribution in [1.82, 2.24) is 9.80 Å². The number of halogens is 1. The number of carbonyl (C=O) groups excluding carboxylic acids is 2. The maximum absolute atomic E-state index is 12.9. The number of carbonyl (C=O) groups is 2. The molecular weight excluding hydrogens is 340 g/mol. The van der Waals surface area contributed by atoms with Crippen LogP contribution in [0.1, 0.15) is 45.6 Å². The molecule has 0 bridgehead atoms. The molecule has 2 rings (SSSR count). The van der Waals surface area contributed by atoms with Gasteiger partial charge in [0.2, 0.25) is 5.91 Å². The predicted molar refractivity (Wildman–Crippen MR) is 98.5 cm³/mol. The van der Waals surface area contributed by atoms with Crippen LogP contribution >= 0.6 is 11.6 Å². The molecule has 0 aromatic heterocycles. The largest absolute Gasteiger partial charge is 0.444 e. The van der Waals surface area contributed by atoms with Gasteiger partial charge in [-0.2, -0.15) is 0 Å². The first kappa shape index (κ1) is 19.6. The topological polar surface area (TPSA) is 49.9 Å². The highest BCUT2D eigenvalue weighted by Gasteiger charge is 2.36. The Morgan fingerprint density at radius 1 is 1.28 bits per heavy atom. The molecule has 1 aliphatic heterocycles. The minimum atomic E-state index is -0.578. The fraction of sp³-hybridized carbons (Fsp3) is 0.579. The summed E-state index contributed by atoms with van der Waals surface area (Å²) in [4.78, 5) is 28.6. The van der Waals surface area contributed by atoms with Gasteiger partial charge < -0.3 is 9.64 Å². The molecule has 1 aromatic carbocycles. The molecule has 2 amide bonds. The van der Waals surface area contributed by atoms with Crippen molar-refractivity contribution in [2.75, 3.05) is 13.6 Å². The molecule has 0 N–H and O–H groups in total. The number of amides is 2. The van der Waals surface area contributed by atoms with Crippen molar-refractivity contribution in [3.63, 3.8) is 0 Å². The van der Waals surface area contributed by atoms with Gasteiger partial charge in [-0.3, -0.25) is 9.69 Å². The molecule has 0 unspecified atom stereocenters. The third-order valence-electron chi connectivity index (χ3n) is 4.16. The molecule has 1 atom stereocenters. The van der Waals surface area contributed by atoms with E-state index >= 15 is 0 Å². The molecule has 0 radical (unpaired) electrons. The number of ether oxygens (including phenoxy) is 1. The Bertz CT molecular complexity index is 627. The molecule has 1 heterocycles. The summed E-state index contributed by atoms with van der Waals surface area (Å²) >= 11 is 6.19. The van der Waals surface area contributed by atoms with Gasteiger partial charge in [-0.1, -0.05) is 29.8 Å². The molecule has 25 heavy (non-hydrogen) atoms. The first-order valence-corrected chi connectivity index (χ1v) is 9.05. The van der Waals surface area contributed by atoms with Crippen LogP contribution in [0.5, 0.6) is 0 Å². The minimum absolute atomic E-state index is 0.0783. The maximum Gasteiger partial charge on any atom is 0.410 e. The van der Waals surface area contributed by atoms with Crippen LogP contribution in [-0.2, 0) is 16.1 Å². The van der Waals surface area contributed by atoms with Gasteiger partial charge in [-0.15, -0.1) is 0 Å². The number of benzene rings is 1. The van der Waals surface area contributed by atoms with Crippen LogP contribution in [-0.4, -0.2) is 47.0 Å². The average molecular weight is 367 g/mol. The Hall–Kier alpha value is -1.75. The van der Waals surface area contributed by atoms with Crippen molar-refractivity contribution in [2.24, 2.45) is 0 Å². The molecule has 5 nitrogen and oxygen atoms in total. The first-order chi connectivity index (χ1) is 11.7. The van der Waals surface area contributed by atoms with Gasteiger partial charge in [0, 0.05) is 25.2 Å². The number of likely N-dealkylation sites (tertiary alicyclic amines) is 1. The van der Waals surface area contributed by atoms with Crippen molar-refractivity contribution in [3.8, 4) is 0 Å². The number of piperidine rings is 1. The second-order valence-corrected chi connectivity index (χ2v) is 7.88. The highest BCUT2D eigenvalue weighted by molar-refractivity contribution is 6.31. The summed E-state index contributed by atoms with van der Waals surface area (Å²) < 4.78 is 5.47. The summed E-state index contributed by atoms with van der Waals surface area (Å²) in [6, 6.07) is 6.99. The summed E-state index contributed by atoms with van der Waals surface area (Å²) in [6.07, 6.45) is 2.05. The van der Waals surface area contributed by atoms with Crippen LogP contribution in [0.2, 0.25) is 5.02 Å². The summed E-state index contributed by atoms with van der Waals surface area (Å²) in [5.74, 6) is -0.0783. The zero-order valence-electron chi connectivity index (χ0n) is 15.4. The van der Waals surface area contributed by atoms with Crippen LogP contribution in [0.3, 0.4) is 0 Å². The Labute approximate surface area is 154 Å². The van der Waals surface area contributed by atoms with E-state index in [9.17, 15) is 9.59 Å². The predicted octanol–water partition coefficient (Wildman–Crippen LogP) is 4.09. The third kappa shape index (κ3) is 5.36. The number of nitrogens with zero attached hydrogens (tertiary/aromatic N) is 2. The second-order valence-electron chi connectivity index (χ2n) is 7.47. The monoisotopic (exact) mass is 366 g/mol. The standard InChI is InChI=1S/C19H27ClN2O3/c1-19(2,3)25-18(24)22-12-8-7-11-16(22)17(23)21(4)13-14-9-5-6-10-15(14)20/h5-6,9-10,16H,7-8,11-13H2,1-4H3/t16-/m1/s1. The second kappa shape index (κ2) is 8.09. The smallest absolute Gasteiger partial charge is 0.410 e. The van der Waals surface area contributed by atoms with Crippen molar-refractivity contribution in [3.05, 3.63) is 34.9 Å². The molecular formula is C19H27ClN2O3. The highest BCUT2D eigenvalue weighted by atomic mass is 35.5. The van der Waals surface area contributed by atoms with Gasteiger partial charge in [0.1, 0.15) is 11.6 Å². The third-order valence-corrected chi connectivity index (χ3v) is 4.53. The van der Waals surface area contributed by atoms with Crippen LogP contribution in [0, 0.1) is 0 Å². The zero-order chi connectivity index (χ0) is 18.6. The Morgan fingerprint density at radius 2 is 1.96 bits per heavy atom. The molecule has 1 aromatic rings. The number of likely N-dealkylation sites (N-methyl/N-ethyl adjacent to an activating group) is 1. The van der Waals surface area contributed by atoms with E-state index in [1.807, 2.05) is 45.0 Å². The number of rotatable bonds is 3. The van der Waals surface area contributed by atoms with E-state index in [0.717, 1.165) is 18.4 Å². The van der Waals surface area contributed by atoms with E-state index in [0.29, 0.717) is 24.5 Å². The van der Waals surface area contributed by atoms with E-state index in [1.54, 1.807) is 16.8 Å². The molecule has 0 saturated carbocycles. The van der Waals surface area contributed by atoms with Crippen LogP contribution in [0.15, 0.2) is 24.3 Å². The molecule has 1 fully saturated rings. The first-order valence-electron chi connectivity index (χ1n) is 8.67. The van der Waals surface area contributed by atoms with Crippen LogP contribution in [0.4, 0.5) is 4.79 Å². The van der Waals surface area contributed by atoms with Crippen molar-refractivity contribution in [2.45, 2.75) is 58.2 Å². The molecule has 6 heteroatoms. The van der Waals surface area contributed by atoms with E-state index in [-0.39, 0.29) is 5.91 Å². The van der Waals surface area contributed by atoms with Crippen molar-refractivity contribution >= 4 is 23.6 Å². The van der Waals surface area contributed by atoms with Gasteiger partial charge in [0.15, 0.2) is 0 Å². The summed E-state index contributed by atoms with van der Waals surface area (Å²) in [5, 5.41) is 0.634. The van der Waals surface area contributed by atoms with E-state index in [4.69, 9.17) is 16.3 Å². The van der Waals surface area contributed by atoms with Crippen molar-refractivity contribution in [1.29, 1.82) is 0 Å². The van der Waals surface area contributed by atoms with Gasteiger partial charge in [-0.05, 0) is 51.7 Å². The van der Waals surface area contributed by atoms with Gasteiger partial charge >= 0.3 is 6.09 Å². The lowest BCUT2D eigenvalue weighted by Crippen LogP contribution is -2.53.